The summed E-state index contributed by atoms with van der Waals surface area (Å²) >= 11 is 1.50. The highest BCUT2D eigenvalue weighted by Gasteiger charge is 2.41. The molecule has 1 aromatic carbocycles. The van der Waals surface area contributed by atoms with E-state index in [2.05, 4.69) is 20.3 Å². The minimum atomic E-state index is -0.517. The smallest absolute Gasteiger partial charge is 0.325 e. The maximum absolute atomic E-state index is 13.8. The van der Waals surface area contributed by atoms with Crippen LogP contribution in [-0.2, 0) is 22.4 Å². The van der Waals surface area contributed by atoms with Crippen molar-refractivity contribution < 1.29 is 9.59 Å². The van der Waals surface area contributed by atoms with Gasteiger partial charge < -0.3 is 15.2 Å². The van der Waals surface area contributed by atoms with Crippen LogP contribution < -0.4 is 16.6 Å². The van der Waals surface area contributed by atoms with Crippen molar-refractivity contribution in [2.75, 3.05) is 18.8 Å². The summed E-state index contributed by atoms with van der Waals surface area (Å²) in [6.45, 7) is 3.07. The average Bonchev–Trinajstić information content (AvgIpc) is 3.35. The first-order chi connectivity index (χ1) is 18.4. The van der Waals surface area contributed by atoms with Gasteiger partial charge in [0.25, 0.3) is 5.56 Å². The molecule has 0 saturated carbocycles. The number of rotatable bonds is 7. The van der Waals surface area contributed by atoms with Gasteiger partial charge in [-0.1, -0.05) is 23.8 Å². The van der Waals surface area contributed by atoms with Crippen molar-refractivity contribution in [2.45, 2.75) is 43.5 Å². The number of hydrogen-bond acceptors (Lipinski definition) is 6. The Morgan fingerprint density at radius 2 is 1.95 bits per heavy atom. The van der Waals surface area contributed by atoms with E-state index in [4.69, 9.17) is 0 Å². The Hall–Kier alpha value is -3.66. The molecule has 198 valence electrons. The number of carbonyl (C=O) groups is 2. The number of likely N-dealkylation sites (tertiary alicyclic amines) is 1. The summed E-state index contributed by atoms with van der Waals surface area (Å²) in [5.41, 5.74) is 2.29. The van der Waals surface area contributed by atoms with E-state index in [1.54, 1.807) is 12.4 Å². The zero-order valence-corrected chi connectivity index (χ0v) is 22.1. The van der Waals surface area contributed by atoms with Crippen molar-refractivity contribution in [3.63, 3.8) is 0 Å². The lowest BCUT2D eigenvalue weighted by Crippen LogP contribution is -2.42. The number of carbonyl (C=O) groups excluding carboxylic acids is 2. The van der Waals surface area contributed by atoms with E-state index in [9.17, 15) is 19.2 Å². The Labute approximate surface area is 224 Å². The molecule has 3 unspecified atom stereocenters. The van der Waals surface area contributed by atoms with Gasteiger partial charge in [-0.25, -0.2) is 4.79 Å². The highest BCUT2D eigenvalue weighted by Crippen LogP contribution is 2.39. The molecule has 1 saturated heterocycles. The molecule has 3 heterocycles. The van der Waals surface area contributed by atoms with Gasteiger partial charge in [0.05, 0.1) is 11.8 Å². The number of fused-ring (bicyclic) bond motifs is 1. The summed E-state index contributed by atoms with van der Waals surface area (Å²) in [5.74, 6) is -0.00466. The highest BCUT2D eigenvalue weighted by molar-refractivity contribution is 8.00. The predicted octanol–water partition coefficient (Wildman–Crippen LogP) is 2.37. The van der Waals surface area contributed by atoms with Gasteiger partial charge in [-0.15, -0.1) is 11.8 Å². The summed E-state index contributed by atoms with van der Waals surface area (Å²) < 4.78 is 0. The number of pyridine rings is 1. The van der Waals surface area contributed by atoms with Crippen LogP contribution in [0.4, 0.5) is 0 Å². The van der Waals surface area contributed by atoms with Gasteiger partial charge in [0.2, 0.25) is 11.8 Å². The van der Waals surface area contributed by atoms with Gasteiger partial charge in [0, 0.05) is 53.5 Å². The largest absolute Gasteiger partial charge is 0.355 e. The van der Waals surface area contributed by atoms with Gasteiger partial charge in [-0.2, -0.15) is 0 Å². The zero-order chi connectivity index (χ0) is 26.6. The molecule has 38 heavy (non-hydrogen) atoms. The number of nitrogens with one attached hydrogen (secondary N) is 3. The standard InChI is InChI=1S/C28H31N5O4S/c1-17-4-7-21(8-5-17)38-16-24(34)30-15-20-10-12-33(25(20)19-3-2-11-29-14-19)27(36)18-6-9-23-22(13-18)26(35)32-28(37)31-23/h2-5,7-8,11,14,18,20,25H,6,9-10,12-13,15-16H2,1H3,(H,30,34)(H2,31,32,35,37). The number of nitrogens with zero attached hydrogens (tertiary/aromatic N) is 2. The molecule has 2 amide bonds. The first kappa shape index (κ1) is 26.0. The van der Waals surface area contributed by atoms with Crippen LogP contribution in [0.2, 0.25) is 0 Å². The normalized spacial score (nSPS) is 20.7. The Morgan fingerprint density at radius 3 is 2.71 bits per heavy atom. The molecule has 0 bridgehead atoms. The van der Waals surface area contributed by atoms with Crippen molar-refractivity contribution in [1.29, 1.82) is 0 Å². The quantitative estimate of drug-likeness (QED) is 0.400. The fraction of sp³-hybridized carbons (Fsp3) is 0.393. The number of hydrogen-bond donors (Lipinski definition) is 3. The number of aromatic amines is 2. The average molecular weight is 534 g/mol. The Kier molecular flexibility index (Phi) is 7.78. The van der Waals surface area contributed by atoms with Crippen LogP contribution >= 0.6 is 11.8 Å². The molecular weight excluding hydrogens is 502 g/mol. The summed E-state index contributed by atoms with van der Waals surface area (Å²) in [7, 11) is 0. The lowest BCUT2D eigenvalue weighted by atomic mass is 9.85. The second-order valence-corrected chi connectivity index (χ2v) is 11.1. The van der Waals surface area contributed by atoms with Gasteiger partial charge in [0.15, 0.2) is 0 Å². The Balaban J connectivity index is 1.26. The summed E-state index contributed by atoms with van der Waals surface area (Å²) in [4.78, 5) is 62.6. The van der Waals surface area contributed by atoms with E-state index in [-0.39, 0.29) is 29.7 Å². The van der Waals surface area contributed by atoms with E-state index < -0.39 is 11.2 Å². The molecule has 5 rings (SSSR count). The van der Waals surface area contributed by atoms with Crippen molar-refractivity contribution in [1.82, 2.24) is 25.2 Å². The van der Waals surface area contributed by atoms with Gasteiger partial charge in [-0.3, -0.25) is 24.4 Å². The minimum absolute atomic E-state index is 0.00106. The fourth-order valence-electron chi connectivity index (χ4n) is 5.50. The van der Waals surface area contributed by atoms with Crippen molar-refractivity contribution in [3.05, 3.63) is 92.0 Å². The predicted molar refractivity (Wildman–Crippen MR) is 145 cm³/mol. The molecule has 10 heteroatoms. The highest BCUT2D eigenvalue weighted by atomic mass is 32.2. The number of thioether (sulfide) groups is 1. The van der Waals surface area contributed by atoms with E-state index in [0.717, 1.165) is 16.9 Å². The van der Waals surface area contributed by atoms with E-state index in [0.29, 0.717) is 49.4 Å². The Morgan fingerprint density at radius 1 is 1.13 bits per heavy atom. The van der Waals surface area contributed by atoms with Gasteiger partial charge in [0.1, 0.15) is 0 Å². The van der Waals surface area contributed by atoms with Crippen LogP contribution in [0.25, 0.3) is 0 Å². The van der Waals surface area contributed by atoms with Crippen LogP contribution in [-0.4, -0.2) is 50.5 Å². The topological polar surface area (TPSA) is 128 Å². The summed E-state index contributed by atoms with van der Waals surface area (Å²) in [5, 5.41) is 3.07. The first-order valence-corrected chi connectivity index (χ1v) is 13.9. The third-order valence-corrected chi connectivity index (χ3v) is 8.47. The van der Waals surface area contributed by atoms with Crippen LogP contribution in [0.15, 0.2) is 63.3 Å². The molecule has 9 nitrogen and oxygen atoms in total. The van der Waals surface area contributed by atoms with Crippen molar-refractivity contribution in [2.24, 2.45) is 11.8 Å². The molecule has 0 spiro atoms. The van der Waals surface area contributed by atoms with Crippen LogP contribution in [0.1, 0.15) is 41.3 Å². The molecule has 1 fully saturated rings. The van der Waals surface area contributed by atoms with Crippen molar-refractivity contribution in [3.8, 4) is 0 Å². The van der Waals surface area contributed by atoms with Crippen molar-refractivity contribution >= 4 is 23.6 Å². The molecular formula is C28H31N5O4S. The molecule has 3 atom stereocenters. The number of benzene rings is 1. The SMILES string of the molecule is Cc1ccc(SCC(=O)NCC2CCN(C(=O)C3CCc4[nH]c(=O)[nH]c(=O)c4C3)C2c2cccnc2)cc1. The summed E-state index contributed by atoms with van der Waals surface area (Å²) in [6.07, 6.45) is 5.59. The van der Waals surface area contributed by atoms with Gasteiger partial charge >= 0.3 is 5.69 Å². The molecule has 3 N–H and O–H groups in total. The fourth-order valence-corrected chi connectivity index (χ4v) is 6.23. The second kappa shape index (κ2) is 11.4. The maximum atomic E-state index is 13.8. The van der Waals surface area contributed by atoms with E-state index in [1.807, 2.05) is 48.2 Å². The molecule has 2 aromatic heterocycles. The molecule has 1 aliphatic heterocycles. The van der Waals surface area contributed by atoms with E-state index in [1.165, 1.54) is 17.3 Å². The Bertz CT molecular complexity index is 1420. The first-order valence-electron chi connectivity index (χ1n) is 12.9. The third kappa shape index (κ3) is 5.75. The molecule has 2 aliphatic rings. The summed E-state index contributed by atoms with van der Waals surface area (Å²) in [6, 6.07) is 11.7. The van der Waals surface area contributed by atoms with Gasteiger partial charge in [-0.05, 0) is 56.4 Å². The number of H-pyrrole nitrogens is 2. The number of aryl methyl sites for hydroxylation is 2. The zero-order valence-electron chi connectivity index (χ0n) is 21.2. The van der Waals surface area contributed by atoms with E-state index >= 15 is 0 Å². The maximum Gasteiger partial charge on any atom is 0.325 e. The number of aromatic nitrogens is 3. The second-order valence-electron chi connectivity index (χ2n) is 10.0. The van der Waals surface area contributed by atoms with Crippen LogP contribution in [0.3, 0.4) is 0 Å². The monoisotopic (exact) mass is 533 g/mol. The van der Waals surface area contributed by atoms with Crippen LogP contribution in [0, 0.1) is 18.8 Å². The minimum Gasteiger partial charge on any atom is -0.355 e. The lowest BCUT2D eigenvalue weighted by molar-refractivity contribution is -0.137. The molecule has 0 radical (unpaired) electrons. The third-order valence-electron chi connectivity index (χ3n) is 7.46. The lowest BCUT2D eigenvalue weighted by Gasteiger charge is -2.33. The molecule has 1 aliphatic carbocycles. The molecule has 3 aromatic rings. The van der Waals surface area contributed by atoms with Crippen LogP contribution in [0.5, 0.6) is 0 Å². The number of amides is 2.